The molecule has 0 amide bonds. The number of hydrogen-bond acceptors (Lipinski definition) is 3. The van der Waals surface area contributed by atoms with Gasteiger partial charge in [-0.3, -0.25) is 0 Å². The number of hydrogen-bond donors (Lipinski definition) is 1. The predicted molar refractivity (Wildman–Crippen MR) is 67.4 cm³/mol. The van der Waals surface area contributed by atoms with Crippen molar-refractivity contribution in [2.75, 3.05) is 0 Å². The van der Waals surface area contributed by atoms with Crippen molar-refractivity contribution >= 4 is 23.3 Å². The fourth-order valence-corrected chi connectivity index (χ4v) is 2.19. The minimum absolute atomic E-state index is 0.243. The largest absolute Gasteiger partial charge is 0.364 e. The zero-order valence-corrected chi connectivity index (χ0v) is 10.4. The standard InChI is InChI=1S/C12H10FN3OS/c1-7-4-11-10(5-9(7)13)14-12(18)16(11)6-8-2-3-17-15-8/h2-5H,6H2,1H3,(H,14,18). The maximum atomic E-state index is 13.5. The molecule has 0 fully saturated rings. The van der Waals surface area contributed by atoms with Crippen molar-refractivity contribution in [1.29, 1.82) is 0 Å². The van der Waals surface area contributed by atoms with Gasteiger partial charge in [-0.05, 0) is 36.8 Å². The Balaban J connectivity index is 2.19. The Labute approximate surface area is 107 Å². The lowest BCUT2D eigenvalue weighted by Crippen LogP contribution is -2.00. The van der Waals surface area contributed by atoms with Gasteiger partial charge in [0.1, 0.15) is 17.8 Å². The third-order valence-corrected chi connectivity index (χ3v) is 3.19. The number of H-pyrrole nitrogens is 1. The molecule has 6 heteroatoms. The molecule has 1 aromatic carbocycles. The van der Waals surface area contributed by atoms with Crippen molar-refractivity contribution in [2.45, 2.75) is 13.5 Å². The highest BCUT2D eigenvalue weighted by molar-refractivity contribution is 7.71. The van der Waals surface area contributed by atoms with Gasteiger partial charge in [0, 0.05) is 6.07 Å². The fourth-order valence-electron chi connectivity index (χ4n) is 1.92. The van der Waals surface area contributed by atoms with Crippen LogP contribution in [0.25, 0.3) is 11.0 Å². The number of aromatic amines is 1. The van der Waals surface area contributed by atoms with Crippen LogP contribution in [0.1, 0.15) is 11.3 Å². The Hall–Kier alpha value is -1.95. The van der Waals surface area contributed by atoms with Crippen molar-refractivity contribution in [3.05, 3.63) is 46.3 Å². The first-order valence-electron chi connectivity index (χ1n) is 5.43. The van der Waals surface area contributed by atoms with Crippen molar-refractivity contribution in [1.82, 2.24) is 14.7 Å². The first kappa shape index (κ1) is 11.2. The average Bonchev–Trinajstić information content (AvgIpc) is 2.92. The Morgan fingerprint density at radius 1 is 1.50 bits per heavy atom. The summed E-state index contributed by atoms with van der Waals surface area (Å²) < 4.78 is 20.7. The molecule has 0 aliphatic carbocycles. The average molecular weight is 263 g/mol. The minimum atomic E-state index is -0.243. The zero-order chi connectivity index (χ0) is 12.7. The van der Waals surface area contributed by atoms with Crippen LogP contribution in [-0.4, -0.2) is 14.7 Å². The number of aromatic nitrogens is 3. The quantitative estimate of drug-likeness (QED) is 0.722. The van der Waals surface area contributed by atoms with Gasteiger partial charge < -0.3 is 14.1 Å². The van der Waals surface area contributed by atoms with Crippen molar-refractivity contribution in [2.24, 2.45) is 0 Å². The van der Waals surface area contributed by atoms with Crippen LogP contribution in [0.4, 0.5) is 4.39 Å². The molecule has 2 aromatic heterocycles. The van der Waals surface area contributed by atoms with E-state index in [-0.39, 0.29) is 5.82 Å². The Kier molecular flexibility index (Phi) is 2.52. The molecule has 0 saturated heterocycles. The highest BCUT2D eigenvalue weighted by Crippen LogP contribution is 2.19. The summed E-state index contributed by atoms with van der Waals surface area (Å²) in [7, 11) is 0. The van der Waals surface area contributed by atoms with Gasteiger partial charge in [0.2, 0.25) is 0 Å². The third kappa shape index (κ3) is 1.74. The summed E-state index contributed by atoms with van der Waals surface area (Å²) in [5, 5.41) is 3.85. The molecule has 1 N–H and O–H groups in total. The normalized spacial score (nSPS) is 11.2. The van der Waals surface area contributed by atoms with E-state index < -0.39 is 0 Å². The number of nitrogens with one attached hydrogen (secondary N) is 1. The van der Waals surface area contributed by atoms with Crippen LogP contribution in [0.2, 0.25) is 0 Å². The summed E-state index contributed by atoms with van der Waals surface area (Å²) >= 11 is 5.24. The number of fused-ring (bicyclic) bond motifs is 1. The Morgan fingerprint density at radius 3 is 3.06 bits per heavy atom. The molecular weight excluding hydrogens is 253 g/mol. The van der Waals surface area contributed by atoms with Crippen LogP contribution in [0.5, 0.6) is 0 Å². The van der Waals surface area contributed by atoms with Crippen molar-refractivity contribution in [3.8, 4) is 0 Å². The predicted octanol–water partition coefficient (Wildman–Crippen LogP) is 3.18. The number of nitrogens with zero attached hydrogens (tertiary/aromatic N) is 2. The van der Waals surface area contributed by atoms with E-state index in [2.05, 4.69) is 10.1 Å². The van der Waals surface area contributed by atoms with Crippen molar-refractivity contribution < 1.29 is 8.91 Å². The molecule has 3 aromatic rings. The summed E-state index contributed by atoms with van der Waals surface area (Å²) in [5.41, 5.74) is 2.91. The summed E-state index contributed by atoms with van der Waals surface area (Å²) in [4.78, 5) is 2.99. The second-order valence-corrected chi connectivity index (χ2v) is 4.51. The van der Waals surface area contributed by atoms with E-state index in [1.54, 1.807) is 19.1 Å². The first-order chi connectivity index (χ1) is 8.65. The maximum Gasteiger partial charge on any atom is 0.178 e. The van der Waals surface area contributed by atoms with Gasteiger partial charge >= 0.3 is 0 Å². The van der Waals surface area contributed by atoms with E-state index in [1.807, 2.05) is 4.57 Å². The van der Waals surface area contributed by atoms with E-state index in [1.165, 1.54) is 12.3 Å². The van der Waals surface area contributed by atoms with E-state index in [4.69, 9.17) is 16.7 Å². The Bertz CT molecular complexity index is 758. The zero-order valence-electron chi connectivity index (χ0n) is 9.61. The smallest absolute Gasteiger partial charge is 0.178 e. The first-order valence-corrected chi connectivity index (χ1v) is 5.84. The van der Waals surface area contributed by atoms with Gasteiger partial charge in [-0.25, -0.2) is 4.39 Å². The van der Waals surface area contributed by atoms with E-state index >= 15 is 0 Å². The van der Waals surface area contributed by atoms with Crippen molar-refractivity contribution in [3.63, 3.8) is 0 Å². The fraction of sp³-hybridized carbons (Fsp3) is 0.167. The summed E-state index contributed by atoms with van der Waals surface area (Å²) in [6.07, 6.45) is 1.51. The van der Waals surface area contributed by atoms with Crippen LogP contribution in [0, 0.1) is 17.5 Å². The summed E-state index contributed by atoms with van der Waals surface area (Å²) in [6, 6.07) is 5.01. The maximum absolute atomic E-state index is 13.5. The number of rotatable bonds is 2. The van der Waals surface area contributed by atoms with Crippen LogP contribution in [0.3, 0.4) is 0 Å². The molecule has 0 aliphatic heterocycles. The lowest BCUT2D eigenvalue weighted by atomic mass is 10.2. The molecule has 92 valence electrons. The molecule has 0 unspecified atom stereocenters. The van der Waals surface area contributed by atoms with Gasteiger partial charge in [-0.1, -0.05) is 5.16 Å². The topological polar surface area (TPSA) is 46.8 Å². The molecule has 18 heavy (non-hydrogen) atoms. The minimum Gasteiger partial charge on any atom is -0.364 e. The molecule has 4 nitrogen and oxygen atoms in total. The monoisotopic (exact) mass is 263 g/mol. The summed E-state index contributed by atoms with van der Waals surface area (Å²) in [5.74, 6) is -0.243. The SMILES string of the molecule is Cc1cc2c(cc1F)[nH]c(=S)n2Cc1ccon1. The molecule has 2 heterocycles. The second-order valence-electron chi connectivity index (χ2n) is 4.13. The van der Waals surface area contributed by atoms with Crippen LogP contribution >= 0.6 is 12.2 Å². The third-order valence-electron chi connectivity index (χ3n) is 2.87. The van der Waals surface area contributed by atoms with Gasteiger partial charge in [0.15, 0.2) is 4.77 Å². The molecule has 0 saturated carbocycles. The molecule has 0 bridgehead atoms. The molecule has 0 radical (unpaired) electrons. The van der Waals surface area contributed by atoms with Crippen LogP contribution in [0.15, 0.2) is 29.0 Å². The number of halogens is 1. The number of imidazole rings is 1. The lowest BCUT2D eigenvalue weighted by Gasteiger charge is -2.02. The van der Waals surface area contributed by atoms with Crippen LogP contribution in [-0.2, 0) is 6.54 Å². The molecular formula is C12H10FN3OS. The van der Waals surface area contributed by atoms with E-state index in [9.17, 15) is 4.39 Å². The van der Waals surface area contributed by atoms with Gasteiger partial charge in [-0.2, -0.15) is 0 Å². The molecule has 0 spiro atoms. The molecule has 0 aliphatic rings. The Morgan fingerprint density at radius 2 is 2.33 bits per heavy atom. The molecule has 0 atom stereocenters. The summed E-state index contributed by atoms with van der Waals surface area (Å²) in [6.45, 7) is 2.23. The number of aryl methyl sites for hydroxylation is 1. The highest BCUT2D eigenvalue weighted by atomic mass is 32.1. The van der Waals surface area contributed by atoms with Crippen LogP contribution < -0.4 is 0 Å². The lowest BCUT2D eigenvalue weighted by molar-refractivity contribution is 0.410. The van der Waals surface area contributed by atoms with E-state index in [0.29, 0.717) is 22.4 Å². The highest BCUT2D eigenvalue weighted by Gasteiger charge is 2.09. The molecule has 3 rings (SSSR count). The second kappa shape index (κ2) is 4.06. The van der Waals surface area contributed by atoms with Gasteiger partial charge in [0.05, 0.1) is 17.6 Å². The van der Waals surface area contributed by atoms with Gasteiger partial charge in [0.25, 0.3) is 0 Å². The van der Waals surface area contributed by atoms with E-state index in [0.717, 1.165) is 11.2 Å². The number of benzene rings is 1. The van der Waals surface area contributed by atoms with Gasteiger partial charge in [-0.15, -0.1) is 0 Å².